The van der Waals surface area contributed by atoms with Gasteiger partial charge in [-0.25, -0.2) is 0 Å². The molecule has 1 aromatic heterocycles. The van der Waals surface area contributed by atoms with Crippen LogP contribution in [0.3, 0.4) is 0 Å². The van der Waals surface area contributed by atoms with Gasteiger partial charge in [0.2, 0.25) is 0 Å². The second-order valence-corrected chi connectivity index (χ2v) is 16.4. The predicted octanol–water partition coefficient (Wildman–Crippen LogP) is 11.1. The topological polar surface area (TPSA) is 45.5 Å². The number of phenols is 1. The van der Waals surface area contributed by atoms with Crippen LogP contribution in [0.4, 0.5) is 5.69 Å². The van der Waals surface area contributed by atoms with E-state index in [1.165, 1.54) is 17.7 Å². The number of aromatic nitrogens is 1. The van der Waals surface area contributed by atoms with Crippen LogP contribution in [0.25, 0.3) is 43.4 Å². The maximum Gasteiger partial charge on any atom is 0.141 e. The molecule has 3 nitrogen and oxygen atoms in total. The summed E-state index contributed by atoms with van der Waals surface area (Å²) < 4.78 is 0. The first-order valence-electron chi connectivity index (χ1n) is 15.4. The summed E-state index contributed by atoms with van der Waals surface area (Å²) in [7, 11) is 0. The van der Waals surface area contributed by atoms with Gasteiger partial charge in [0.1, 0.15) is 11.3 Å². The number of benzene rings is 4. The van der Waals surface area contributed by atoms with E-state index in [2.05, 4.69) is 118 Å². The molecule has 6 rings (SSSR count). The minimum Gasteiger partial charge on any atom is -0.506 e. The molecule has 1 N–H and O–H groups in total. The van der Waals surface area contributed by atoms with Crippen molar-refractivity contribution >= 4 is 54.7 Å². The Balaban J connectivity index is 0.00000368. The molecule has 4 heteroatoms. The third kappa shape index (κ3) is 6.00. The molecule has 228 valence electrons. The molecule has 1 aliphatic carbocycles. The van der Waals surface area contributed by atoms with Gasteiger partial charge in [-0.15, -0.1) is 12.1 Å². The molecule has 43 heavy (non-hydrogen) atoms. The number of nitrogens with zero attached hydrogens (tertiary/aromatic N) is 2. The van der Waals surface area contributed by atoms with Gasteiger partial charge in [-0.1, -0.05) is 121 Å². The van der Waals surface area contributed by atoms with Crippen molar-refractivity contribution in [2.24, 2.45) is 15.8 Å². The van der Waals surface area contributed by atoms with Crippen LogP contribution >= 0.6 is 0 Å². The van der Waals surface area contributed by atoms with Gasteiger partial charge in [0.05, 0.1) is 0 Å². The molecule has 1 saturated carbocycles. The van der Waals surface area contributed by atoms with E-state index in [-0.39, 0.29) is 48.5 Å². The summed E-state index contributed by atoms with van der Waals surface area (Å²) in [6, 6.07) is 21.1. The van der Waals surface area contributed by atoms with Crippen molar-refractivity contribution in [3.05, 3.63) is 65.7 Å². The fourth-order valence-corrected chi connectivity index (χ4v) is 7.44. The quantitative estimate of drug-likeness (QED) is 0.105. The molecule has 5 aromatic rings. The summed E-state index contributed by atoms with van der Waals surface area (Å²) in [6.07, 6.45) is 3.24. The smallest absolute Gasteiger partial charge is 0.141 e. The molecule has 1 heterocycles. The third-order valence-electron chi connectivity index (χ3n) is 8.92. The first-order chi connectivity index (χ1) is 19.4. The standard InChI is InChI=1S/C39H45N2O.Pt/c1-36(2,3)26-15-25-16-30-31(37(4,5)6)17-24-14-23-12-11-13-32(40-27-20-38(7,8)22-39(9,10)21-27)28(23)19-29(24)35(30)41-34(25)33(42)18-26;/h11-18,42H,20-22H2,1-10H3;/q-1;. The maximum absolute atomic E-state index is 11.2. The van der Waals surface area contributed by atoms with Crippen molar-refractivity contribution in [3.63, 3.8) is 0 Å². The number of aliphatic imine (C=N–C) groups is 1. The van der Waals surface area contributed by atoms with Crippen molar-refractivity contribution in [1.82, 2.24) is 4.98 Å². The second-order valence-electron chi connectivity index (χ2n) is 16.4. The van der Waals surface area contributed by atoms with Crippen LogP contribution < -0.4 is 0 Å². The molecule has 4 aromatic carbocycles. The fraction of sp³-hybridized carbons (Fsp3) is 0.436. The number of phenolic OH excluding ortho intramolecular Hbond substituents is 1. The molecule has 0 aliphatic heterocycles. The molecular formula is C39H45N2OPt-. The van der Waals surface area contributed by atoms with E-state index in [0.717, 1.165) is 61.9 Å². The summed E-state index contributed by atoms with van der Waals surface area (Å²) in [4.78, 5) is 10.5. The summed E-state index contributed by atoms with van der Waals surface area (Å²) in [6.45, 7) is 22.7. The molecular weight excluding hydrogens is 708 g/mol. The van der Waals surface area contributed by atoms with Crippen molar-refractivity contribution in [3.8, 4) is 5.75 Å². The first kappa shape index (κ1) is 31.6. The van der Waals surface area contributed by atoms with Crippen molar-refractivity contribution < 1.29 is 26.2 Å². The third-order valence-corrected chi connectivity index (χ3v) is 8.92. The van der Waals surface area contributed by atoms with E-state index >= 15 is 0 Å². The SMILES string of the molecule is CC1(C)CC(=Nc2cccc3cc4cc(C(C)(C)C)c5cc6cc(C(C)(C)C)cc(O)c6nc5c4[c-]c23)CC(C)(C)C1.[Pt]. The van der Waals surface area contributed by atoms with Gasteiger partial charge in [-0.3, -0.25) is 9.98 Å². The molecule has 0 spiro atoms. The molecule has 1 fully saturated rings. The van der Waals surface area contributed by atoms with Crippen LogP contribution in [0.15, 0.2) is 53.5 Å². The van der Waals surface area contributed by atoms with Gasteiger partial charge in [0.15, 0.2) is 0 Å². The molecule has 0 atom stereocenters. The van der Waals surface area contributed by atoms with Gasteiger partial charge in [0.25, 0.3) is 0 Å². The largest absolute Gasteiger partial charge is 0.506 e. The van der Waals surface area contributed by atoms with E-state index in [1.807, 2.05) is 6.07 Å². The monoisotopic (exact) mass is 752 g/mol. The first-order valence-corrected chi connectivity index (χ1v) is 15.4. The Hall–Kier alpha value is -2.77. The van der Waals surface area contributed by atoms with Crippen molar-refractivity contribution in [2.75, 3.05) is 0 Å². The van der Waals surface area contributed by atoms with Crippen molar-refractivity contribution in [1.29, 1.82) is 0 Å². The van der Waals surface area contributed by atoms with E-state index in [9.17, 15) is 5.11 Å². The number of hydrogen-bond acceptors (Lipinski definition) is 3. The zero-order chi connectivity index (χ0) is 30.4. The Labute approximate surface area is 271 Å². The minimum absolute atomic E-state index is 0. The Morgan fingerprint density at radius 1 is 0.767 bits per heavy atom. The Bertz CT molecular complexity index is 1920. The van der Waals surface area contributed by atoms with Gasteiger partial charge in [0, 0.05) is 43.4 Å². The Kier molecular flexibility index (Phi) is 7.66. The summed E-state index contributed by atoms with van der Waals surface area (Å²) >= 11 is 0. The average Bonchev–Trinajstić information content (AvgIpc) is 2.83. The van der Waals surface area contributed by atoms with Gasteiger partial charge >= 0.3 is 0 Å². The van der Waals surface area contributed by atoms with Crippen molar-refractivity contribution in [2.45, 2.75) is 99.3 Å². The number of hydrogen-bond donors (Lipinski definition) is 1. The zero-order valence-electron chi connectivity index (χ0n) is 27.4. The van der Waals surface area contributed by atoms with Crippen LogP contribution in [-0.2, 0) is 31.9 Å². The number of fused-ring (bicyclic) bond motifs is 5. The molecule has 0 saturated heterocycles. The fourth-order valence-electron chi connectivity index (χ4n) is 7.44. The average molecular weight is 753 g/mol. The van der Waals surface area contributed by atoms with E-state index in [4.69, 9.17) is 9.98 Å². The van der Waals surface area contributed by atoms with Gasteiger partial charge in [-0.05, 0) is 69.6 Å². The van der Waals surface area contributed by atoms with Crippen LogP contribution in [-0.4, -0.2) is 15.8 Å². The van der Waals surface area contributed by atoms with Crippen LogP contribution in [0.1, 0.15) is 99.6 Å². The predicted molar refractivity (Wildman–Crippen MR) is 181 cm³/mol. The van der Waals surface area contributed by atoms with Gasteiger partial charge in [-0.2, -0.15) is 0 Å². The Morgan fingerprint density at radius 3 is 2.07 bits per heavy atom. The minimum atomic E-state index is -0.0884. The number of rotatable bonds is 1. The van der Waals surface area contributed by atoms with E-state index in [1.54, 1.807) is 0 Å². The Morgan fingerprint density at radius 2 is 1.44 bits per heavy atom. The summed E-state index contributed by atoms with van der Waals surface area (Å²) in [5.41, 5.74) is 6.42. The molecule has 1 aliphatic rings. The van der Waals surface area contributed by atoms with Crippen LogP contribution in [0, 0.1) is 16.9 Å². The molecule has 0 bridgehead atoms. The molecule has 0 radical (unpaired) electrons. The second kappa shape index (κ2) is 10.4. The zero-order valence-corrected chi connectivity index (χ0v) is 29.7. The number of pyridine rings is 1. The summed E-state index contributed by atoms with van der Waals surface area (Å²) in [5.74, 6) is 0.226. The van der Waals surface area contributed by atoms with Crippen LogP contribution in [0.2, 0.25) is 0 Å². The van der Waals surface area contributed by atoms with E-state index < -0.39 is 0 Å². The normalized spacial score (nSPS) is 17.0. The molecule has 0 amide bonds. The van der Waals surface area contributed by atoms with Gasteiger partial charge < -0.3 is 5.11 Å². The van der Waals surface area contributed by atoms with E-state index in [0.29, 0.717) is 5.52 Å². The summed E-state index contributed by atoms with van der Waals surface area (Å²) in [5, 5.41) is 17.5. The molecule has 0 unspecified atom stereocenters. The number of aromatic hydroxyl groups is 1. The maximum atomic E-state index is 11.2. The van der Waals surface area contributed by atoms with Crippen LogP contribution in [0.5, 0.6) is 5.75 Å².